The van der Waals surface area contributed by atoms with Crippen LogP contribution in [-0.2, 0) is 21.2 Å². The first-order chi connectivity index (χ1) is 10.8. The fourth-order valence-corrected chi connectivity index (χ4v) is 4.02. The number of hydrogen-bond donors (Lipinski definition) is 1. The van der Waals surface area contributed by atoms with E-state index in [-0.39, 0.29) is 11.8 Å². The Kier molecular flexibility index (Phi) is 6.31. The van der Waals surface area contributed by atoms with Crippen molar-refractivity contribution in [2.24, 2.45) is 5.92 Å². The predicted molar refractivity (Wildman–Crippen MR) is 92.3 cm³/mol. The lowest BCUT2D eigenvalue weighted by atomic mass is 9.97. The molecule has 0 radical (unpaired) electrons. The summed E-state index contributed by atoms with van der Waals surface area (Å²) < 4.78 is 24.3. The lowest BCUT2D eigenvalue weighted by Crippen LogP contribution is -2.42. The van der Waals surface area contributed by atoms with E-state index in [1.54, 1.807) is 12.1 Å². The summed E-state index contributed by atoms with van der Waals surface area (Å²) in [4.78, 5) is 12.2. The van der Waals surface area contributed by atoms with E-state index in [1.165, 1.54) is 10.6 Å². The molecule has 0 saturated carbocycles. The summed E-state index contributed by atoms with van der Waals surface area (Å²) in [6, 6.07) is 5.30. The number of amides is 1. The lowest BCUT2D eigenvalue weighted by molar-refractivity contribution is -0.126. The van der Waals surface area contributed by atoms with Gasteiger partial charge in [0, 0.05) is 35.6 Å². The summed E-state index contributed by atoms with van der Waals surface area (Å²) in [5, 5.41) is 4.07. The number of piperidine rings is 1. The van der Waals surface area contributed by atoms with Crippen LogP contribution in [0, 0.1) is 5.92 Å². The second kappa shape index (κ2) is 7.83. The molecule has 0 bridgehead atoms. The minimum atomic E-state index is -3.16. The number of carbonyl (C=O) groups excluding carboxylic acids is 1. The van der Waals surface area contributed by atoms with Crippen molar-refractivity contribution in [3.63, 3.8) is 0 Å². The first-order valence-corrected chi connectivity index (χ1v) is 10.0. The van der Waals surface area contributed by atoms with E-state index >= 15 is 0 Å². The molecule has 1 fully saturated rings. The highest BCUT2D eigenvalue weighted by Gasteiger charge is 2.28. The van der Waals surface area contributed by atoms with Crippen molar-refractivity contribution < 1.29 is 13.2 Å². The van der Waals surface area contributed by atoms with Crippen LogP contribution >= 0.6 is 23.2 Å². The summed E-state index contributed by atoms with van der Waals surface area (Å²) in [5.41, 5.74) is 0.934. The van der Waals surface area contributed by atoms with Crippen molar-refractivity contribution in [1.82, 2.24) is 9.62 Å². The van der Waals surface area contributed by atoms with Crippen molar-refractivity contribution in [2.45, 2.75) is 19.3 Å². The Labute approximate surface area is 147 Å². The van der Waals surface area contributed by atoms with Gasteiger partial charge in [0.05, 0.1) is 6.26 Å². The van der Waals surface area contributed by atoms with E-state index in [1.807, 2.05) is 6.07 Å². The zero-order valence-electron chi connectivity index (χ0n) is 12.9. The van der Waals surface area contributed by atoms with E-state index in [9.17, 15) is 13.2 Å². The minimum Gasteiger partial charge on any atom is -0.356 e. The monoisotopic (exact) mass is 378 g/mol. The minimum absolute atomic E-state index is 0.0248. The van der Waals surface area contributed by atoms with E-state index in [4.69, 9.17) is 23.2 Å². The molecule has 1 aromatic rings. The number of carbonyl (C=O) groups is 1. The molecule has 1 N–H and O–H groups in total. The topological polar surface area (TPSA) is 66.5 Å². The van der Waals surface area contributed by atoms with Gasteiger partial charge in [-0.15, -0.1) is 0 Å². The molecule has 1 saturated heterocycles. The van der Waals surface area contributed by atoms with Gasteiger partial charge in [0.2, 0.25) is 15.9 Å². The number of sulfonamides is 1. The molecule has 1 aromatic carbocycles. The van der Waals surface area contributed by atoms with Gasteiger partial charge in [0.25, 0.3) is 0 Å². The predicted octanol–water partition coefficient (Wildman–Crippen LogP) is 2.32. The first-order valence-electron chi connectivity index (χ1n) is 7.44. The Morgan fingerprint density at radius 3 is 2.52 bits per heavy atom. The molecule has 5 nitrogen and oxygen atoms in total. The molecule has 0 spiro atoms. The Balaban J connectivity index is 1.78. The highest BCUT2D eigenvalue weighted by atomic mass is 35.5. The largest absolute Gasteiger partial charge is 0.356 e. The molecule has 1 aliphatic heterocycles. The van der Waals surface area contributed by atoms with Gasteiger partial charge in [-0.2, -0.15) is 0 Å². The third-order valence-corrected chi connectivity index (χ3v) is 5.89. The smallest absolute Gasteiger partial charge is 0.223 e. The van der Waals surface area contributed by atoms with Crippen molar-refractivity contribution in [2.75, 3.05) is 25.9 Å². The van der Waals surface area contributed by atoms with E-state index < -0.39 is 10.0 Å². The maximum atomic E-state index is 12.2. The third-order valence-electron chi connectivity index (χ3n) is 4.00. The van der Waals surface area contributed by atoms with Crippen LogP contribution in [0.1, 0.15) is 18.4 Å². The molecule has 2 rings (SSSR count). The van der Waals surface area contributed by atoms with Crippen LogP contribution in [0.5, 0.6) is 0 Å². The zero-order valence-corrected chi connectivity index (χ0v) is 15.2. The van der Waals surface area contributed by atoms with Gasteiger partial charge in [0.15, 0.2) is 0 Å². The summed E-state index contributed by atoms with van der Waals surface area (Å²) in [6.07, 6.45) is 2.94. The van der Waals surface area contributed by atoms with Crippen LogP contribution in [0.3, 0.4) is 0 Å². The van der Waals surface area contributed by atoms with Crippen LogP contribution in [-0.4, -0.2) is 44.5 Å². The Morgan fingerprint density at radius 2 is 1.96 bits per heavy atom. The molecule has 0 aliphatic carbocycles. The number of nitrogens with zero attached hydrogens (tertiary/aromatic N) is 1. The van der Waals surface area contributed by atoms with Crippen molar-refractivity contribution in [1.29, 1.82) is 0 Å². The van der Waals surface area contributed by atoms with Crippen molar-refractivity contribution >= 4 is 39.1 Å². The van der Waals surface area contributed by atoms with Crippen LogP contribution in [0.4, 0.5) is 0 Å². The maximum Gasteiger partial charge on any atom is 0.223 e. The highest BCUT2D eigenvalue weighted by molar-refractivity contribution is 7.88. The van der Waals surface area contributed by atoms with E-state index in [2.05, 4.69) is 5.32 Å². The SMILES string of the molecule is CS(=O)(=O)N1CCC(C(=O)NCCc2ccc(Cl)cc2Cl)CC1. The molecule has 128 valence electrons. The van der Waals surface area contributed by atoms with Gasteiger partial charge < -0.3 is 5.32 Å². The molecule has 0 aromatic heterocycles. The summed E-state index contributed by atoms with van der Waals surface area (Å²) in [5.74, 6) is -0.156. The van der Waals surface area contributed by atoms with Crippen molar-refractivity contribution in [3.05, 3.63) is 33.8 Å². The van der Waals surface area contributed by atoms with Gasteiger partial charge in [-0.1, -0.05) is 29.3 Å². The molecule has 0 unspecified atom stereocenters. The third kappa shape index (κ3) is 5.35. The van der Waals surface area contributed by atoms with Crippen LogP contribution in [0.25, 0.3) is 0 Å². The summed E-state index contributed by atoms with van der Waals surface area (Å²) in [6.45, 7) is 1.30. The molecule has 23 heavy (non-hydrogen) atoms. The average Bonchev–Trinajstić information content (AvgIpc) is 2.48. The lowest BCUT2D eigenvalue weighted by Gasteiger charge is -2.29. The van der Waals surface area contributed by atoms with Crippen LogP contribution < -0.4 is 5.32 Å². The van der Waals surface area contributed by atoms with Gasteiger partial charge in [-0.05, 0) is 37.0 Å². The Morgan fingerprint density at radius 1 is 1.30 bits per heavy atom. The Bertz CT molecular complexity index is 671. The van der Waals surface area contributed by atoms with Gasteiger partial charge >= 0.3 is 0 Å². The van der Waals surface area contributed by atoms with Crippen molar-refractivity contribution in [3.8, 4) is 0 Å². The highest BCUT2D eigenvalue weighted by Crippen LogP contribution is 2.22. The second-order valence-corrected chi connectivity index (χ2v) is 8.54. The number of hydrogen-bond acceptors (Lipinski definition) is 3. The van der Waals surface area contributed by atoms with Crippen LogP contribution in [0.15, 0.2) is 18.2 Å². The first kappa shape index (κ1) is 18.5. The number of rotatable bonds is 5. The molecule has 1 heterocycles. The maximum absolute atomic E-state index is 12.2. The second-order valence-electron chi connectivity index (χ2n) is 5.71. The number of nitrogens with one attached hydrogen (secondary N) is 1. The molecular weight excluding hydrogens is 359 g/mol. The van der Waals surface area contributed by atoms with Gasteiger partial charge in [-0.3, -0.25) is 4.79 Å². The molecule has 1 amide bonds. The summed E-state index contributed by atoms with van der Waals surface area (Å²) >= 11 is 11.9. The number of halogens is 2. The zero-order chi connectivity index (χ0) is 17.0. The molecule has 1 aliphatic rings. The fraction of sp³-hybridized carbons (Fsp3) is 0.533. The number of benzene rings is 1. The van der Waals surface area contributed by atoms with Gasteiger partial charge in [-0.25, -0.2) is 12.7 Å². The molecule has 0 atom stereocenters. The normalized spacial score (nSPS) is 17.2. The fourth-order valence-electron chi connectivity index (χ4n) is 2.64. The Hall–Kier alpha value is -0.820. The molecular formula is C15H20Cl2N2O3S. The van der Waals surface area contributed by atoms with Crippen LogP contribution in [0.2, 0.25) is 10.0 Å². The molecule has 8 heteroatoms. The standard InChI is InChI=1S/C15H20Cl2N2O3S/c1-23(21,22)19-8-5-12(6-9-19)15(20)18-7-4-11-2-3-13(16)10-14(11)17/h2-3,10,12H,4-9H2,1H3,(H,18,20). The van der Waals surface area contributed by atoms with E-state index in [0.717, 1.165) is 5.56 Å². The van der Waals surface area contributed by atoms with Gasteiger partial charge in [0.1, 0.15) is 0 Å². The van der Waals surface area contributed by atoms with E-state index in [0.29, 0.717) is 48.9 Å². The average molecular weight is 379 g/mol. The quantitative estimate of drug-likeness (QED) is 0.854. The summed E-state index contributed by atoms with van der Waals surface area (Å²) in [7, 11) is -3.16.